The van der Waals surface area contributed by atoms with E-state index in [1.807, 2.05) is 11.3 Å². The normalized spacial score (nSPS) is 22.5. The van der Waals surface area contributed by atoms with E-state index in [0.29, 0.717) is 23.7 Å². The second-order valence-electron chi connectivity index (χ2n) is 11.6. The Labute approximate surface area is 218 Å². The molecule has 36 heavy (non-hydrogen) atoms. The molecule has 0 amide bonds. The molecular formula is C27H39N7OS. The van der Waals surface area contributed by atoms with Crippen molar-refractivity contribution in [3.63, 3.8) is 0 Å². The quantitative estimate of drug-likeness (QED) is 0.425. The lowest BCUT2D eigenvalue weighted by Gasteiger charge is -2.18. The first-order valence-corrected chi connectivity index (χ1v) is 14.2. The number of rotatable bonds is 7. The lowest BCUT2D eigenvalue weighted by molar-refractivity contribution is 0.426. The first-order valence-electron chi connectivity index (χ1n) is 13.4. The zero-order valence-corrected chi connectivity index (χ0v) is 23.5. The maximum atomic E-state index is 6.41. The molecule has 3 aromatic heterocycles. The van der Waals surface area contributed by atoms with E-state index in [2.05, 4.69) is 74.3 Å². The molecule has 4 atom stereocenters. The molecule has 9 heteroatoms. The van der Waals surface area contributed by atoms with Gasteiger partial charge in [0.2, 0.25) is 5.88 Å². The Bertz CT molecular complexity index is 1260. The first-order chi connectivity index (χ1) is 17.2. The summed E-state index contributed by atoms with van der Waals surface area (Å²) in [5.41, 5.74) is 3.60. The summed E-state index contributed by atoms with van der Waals surface area (Å²) in [5, 5.41) is 7.48. The van der Waals surface area contributed by atoms with Gasteiger partial charge in [0.1, 0.15) is 16.5 Å². The van der Waals surface area contributed by atoms with Gasteiger partial charge in [-0.3, -0.25) is 0 Å². The van der Waals surface area contributed by atoms with Crippen molar-refractivity contribution in [2.75, 3.05) is 55.5 Å². The monoisotopic (exact) mass is 509 g/mol. The summed E-state index contributed by atoms with van der Waals surface area (Å²) < 4.78 is 8.55. The van der Waals surface area contributed by atoms with E-state index in [4.69, 9.17) is 19.5 Å². The van der Waals surface area contributed by atoms with Gasteiger partial charge in [0, 0.05) is 76.4 Å². The van der Waals surface area contributed by atoms with Gasteiger partial charge in [-0.25, -0.2) is 14.6 Å². The predicted molar refractivity (Wildman–Crippen MR) is 146 cm³/mol. The minimum absolute atomic E-state index is 0.252. The fraction of sp³-hybridized carbons (Fsp3) is 0.667. The second kappa shape index (κ2) is 8.78. The van der Waals surface area contributed by atoms with Crippen molar-refractivity contribution < 1.29 is 4.42 Å². The van der Waals surface area contributed by atoms with Crippen LogP contribution in [-0.2, 0) is 6.54 Å². The van der Waals surface area contributed by atoms with E-state index >= 15 is 0 Å². The summed E-state index contributed by atoms with van der Waals surface area (Å²) in [6.45, 7) is 13.0. The van der Waals surface area contributed by atoms with Crippen molar-refractivity contribution in [3.05, 3.63) is 34.0 Å². The van der Waals surface area contributed by atoms with E-state index in [9.17, 15) is 0 Å². The number of likely N-dealkylation sites (N-methyl/N-ethyl adjacent to an activating group) is 3. The Morgan fingerprint density at radius 1 is 0.917 bits per heavy atom. The molecule has 194 valence electrons. The van der Waals surface area contributed by atoms with Crippen molar-refractivity contribution in [3.8, 4) is 0 Å². The van der Waals surface area contributed by atoms with E-state index in [1.54, 1.807) is 0 Å². The molecule has 6 rings (SSSR count). The highest BCUT2D eigenvalue weighted by Gasteiger charge is 2.37. The molecule has 0 aliphatic carbocycles. The van der Waals surface area contributed by atoms with Gasteiger partial charge in [0.15, 0.2) is 5.89 Å². The smallest absolute Gasteiger partial charge is 0.219 e. The van der Waals surface area contributed by atoms with Crippen molar-refractivity contribution in [2.24, 2.45) is 0 Å². The van der Waals surface area contributed by atoms with Crippen molar-refractivity contribution in [2.45, 2.75) is 76.7 Å². The van der Waals surface area contributed by atoms with Gasteiger partial charge in [-0.15, -0.1) is 11.3 Å². The molecule has 6 heterocycles. The molecule has 3 aliphatic heterocycles. The summed E-state index contributed by atoms with van der Waals surface area (Å²) in [6.07, 6.45) is 2.04. The molecule has 0 radical (unpaired) electrons. The molecular weight excluding hydrogens is 470 g/mol. The molecule has 0 spiro atoms. The van der Waals surface area contributed by atoms with Crippen LogP contribution in [0.1, 0.15) is 98.1 Å². The maximum absolute atomic E-state index is 6.41. The maximum Gasteiger partial charge on any atom is 0.219 e. The Kier molecular flexibility index (Phi) is 5.81. The van der Waals surface area contributed by atoms with Crippen LogP contribution in [-0.4, -0.2) is 60.5 Å². The largest absolute Gasteiger partial charge is 0.425 e. The number of hydrogen-bond donors (Lipinski definition) is 0. The zero-order chi connectivity index (χ0) is 25.3. The van der Waals surface area contributed by atoms with E-state index in [-0.39, 0.29) is 5.92 Å². The molecule has 0 bridgehead atoms. The molecule has 3 aromatic rings. The standard InChI is InChI=1S/C27H39N7OS/c1-15(2)25-29-23-19(14-33(7)27(23)36-25)11-17(4)24-28-22-18(13-32(6)26(22)35-24)10-16(3)20-12-21-31(5)8-9-34(21)30-20/h12,15-19H,8-11,13-14H2,1-7H3. The third-order valence-electron chi connectivity index (χ3n) is 8.27. The van der Waals surface area contributed by atoms with Crippen LogP contribution >= 0.6 is 11.3 Å². The molecule has 0 saturated carbocycles. The number of fused-ring (bicyclic) bond motifs is 3. The zero-order valence-electron chi connectivity index (χ0n) is 22.7. The second-order valence-corrected chi connectivity index (χ2v) is 12.6. The Morgan fingerprint density at radius 2 is 1.64 bits per heavy atom. The lowest BCUT2D eigenvalue weighted by Crippen LogP contribution is -2.18. The molecule has 8 nitrogen and oxygen atoms in total. The number of thiazole rings is 1. The molecule has 0 aromatic carbocycles. The van der Waals surface area contributed by atoms with Crippen LogP contribution in [0, 0.1) is 0 Å². The third-order valence-corrected chi connectivity index (χ3v) is 9.76. The number of nitrogens with zero attached hydrogens (tertiary/aromatic N) is 7. The van der Waals surface area contributed by atoms with Gasteiger partial charge in [-0.05, 0) is 12.8 Å². The number of oxazole rings is 1. The van der Waals surface area contributed by atoms with Crippen molar-refractivity contribution in [1.29, 1.82) is 0 Å². The molecule has 0 saturated heterocycles. The predicted octanol–water partition coefficient (Wildman–Crippen LogP) is 5.36. The van der Waals surface area contributed by atoms with E-state index in [1.165, 1.54) is 27.2 Å². The Balaban J connectivity index is 1.16. The van der Waals surface area contributed by atoms with Crippen molar-refractivity contribution in [1.82, 2.24) is 19.7 Å². The Morgan fingerprint density at radius 3 is 2.39 bits per heavy atom. The Hall–Kier alpha value is -2.55. The van der Waals surface area contributed by atoms with Crippen LogP contribution in [0.15, 0.2) is 10.5 Å². The lowest BCUT2D eigenvalue weighted by atomic mass is 9.92. The van der Waals surface area contributed by atoms with Crippen LogP contribution in [0.2, 0.25) is 0 Å². The number of hydrogen-bond acceptors (Lipinski definition) is 8. The average Bonchev–Trinajstić information content (AvgIpc) is 3.64. The SMILES string of the molecule is CC(C)c1nc2c(s1)N(C)CC2CC(C)c1nc2c(o1)N(C)CC2CC(C)c1cc2n(n1)CCN2C. The van der Waals surface area contributed by atoms with Gasteiger partial charge in [-0.1, -0.05) is 27.7 Å². The summed E-state index contributed by atoms with van der Waals surface area (Å²) in [7, 11) is 6.47. The van der Waals surface area contributed by atoms with Crippen LogP contribution < -0.4 is 14.7 Å². The number of aromatic nitrogens is 4. The van der Waals surface area contributed by atoms with Crippen LogP contribution in [0.5, 0.6) is 0 Å². The van der Waals surface area contributed by atoms with Gasteiger partial charge in [0.05, 0.1) is 22.9 Å². The minimum atomic E-state index is 0.252. The summed E-state index contributed by atoms with van der Waals surface area (Å²) in [6, 6.07) is 2.27. The van der Waals surface area contributed by atoms with Crippen LogP contribution in [0.3, 0.4) is 0 Å². The highest BCUT2D eigenvalue weighted by Crippen LogP contribution is 2.46. The third kappa shape index (κ3) is 3.90. The van der Waals surface area contributed by atoms with Crippen LogP contribution in [0.25, 0.3) is 0 Å². The van der Waals surface area contributed by atoms with Crippen molar-refractivity contribution >= 4 is 28.0 Å². The molecule has 0 fully saturated rings. The van der Waals surface area contributed by atoms with Gasteiger partial charge in [0.25, 0.3) is 0 Å². The fourth-order valence-corrected chi connectivity index (χ4v) is 7.29. The first kappa shape index (κ1) is 23.8. The highest BCUT2D eigenvalue weighted by molar-refractivity contribution is 7.16. The summed E-state index contributed by atoms with van der Waals surface area (Å²) >= 11 is 1.86. The molecule has 3 aliphatic rings. The summed E-state index contributed by atoms with van der Waals surface area (Å²) in [4.78, 5) is 17.0. The van der Waals surface area contributed by atoms with E-state index < -0.39 is 0 Å². The van der Waals surface area contributed by atoms with E-state index in [0.717, 1.165) is 56.5 Å². The molecule has 0 N–H and O–H groups in total. The van der Waals surface area contributed by atoms with Crippen LogP contribution in [0.4, 0.5) is 16.7 Å². The van der Waals surface area contributed by atoms with Gasteiger partial charge < -0.3 is 19.1 Å². The highest BCUT2D eigenvalue weighted by atomic mass is 32.1. The minimum Gasteiger partial charge on any atom is -0.425 e. The summed E-state index contributed by atoms with van der Waals surface area (Å²) in [5.74, 6) is 4.98. The van der Waals surface area contributed by atoms with Gasteiger partial charge in [-0.2, -0.15) is 5.10 Å². The topological polar surface area (TPSA) is 66.5 Å². The molecule has 4 unspecified atom stereocenters. The number of anilines is 3. The fourth-order valence-electron chi connectivity index (χ4n) is 6.16. The average molecular weight is 510 g/mol. The van der Waals surface area contributed by atoms with Gasteiger partial charge >= 0.3 is 0 Å².